The Kier molecular flexibility index (Phi) is 7.67. The molecule has 1 heterocycles. The number of likely N-dealkylation sites (tertiary alicyclic amines) is 1. The first-order valence-electron chi connectivity index (χ1n) is 9.70. The molecule has 1 unspecified atom stereocenters. The lowest BCUT2D eigenvalue weighted by atomic mass is 9.90. The van der Waals surface area contributed by atoms with Gasteiger partial charge in [0.25, 0.3) is 6.43 Å². The number of carbonyl (C=O) groups excluding carboxylic acids is 2. The number of rotatable bonds is 4. The predicted molar refractivity (Wildman–Crippen MR) is 98.8 cm³/mol. The summed E-state index contributed by atoms with van der Waals surface area (Å²) >= 11 is 0. The molecule has 2 amide bonds. The molecule has 0 radical (unpaired) electrons. The van der Waals surface area contributed by atoms with Crippen LogP contribution in [-0.2, 0) is 9.53 Å². The number of hydrogen-bond donors (Lipinski definition) is 0. The molecule has 12 heteroatoms. The Labute approximate surface area is 180 Å². The molecule has 2 atom stereocenters. The summed E-state index contributed by atoms with van der Waals surface area (Å²) < 4.78 is 98.5. The largest absolute Gasteiger partial charge is 0.471 e. The van der Waals surface area contributed by atoms with Crippen LogP contribution in [0.5, 0.6) is 0 Å². The molecule has 32 heavy (non-hydrogen) atoms. The van der Waals surface area contributed by atoms with Gasteiger partial charge in [-0.1, -0.05) is 0 Å². The summed E-state index contributed by atoms with van der Waals surface area (Å²) in [5.41, 5.74) is -1.33. The number of benzene rings is 1. The molecule has 0 aliphatic carbocycles. The average molecular weight is 472 g/mol. The maximum atomic E-state index is 14.5. The molecule has 1 aliphatic heterocycles. The van der Waals surface area contributed by atoms with Crippen LogP contribution >= 0.6 is 0 Å². The minimum Gasteiger partial charge on any atom is -0.444 e. The first-order valence-corrected chi connectivity index (χ1v) is 9.70. The van der Waals surface area contributed by atoms with Crippen molar-refractivity contribution in [3.05, 3.63) is 35.4 Å². The topological polar surface area (TPSA) is 49.9 Å². The molecule has 2 rings (SSSR count). The third-order valence-corrected chi connectivity index (χ3v) is 4.80. The maximum absolute atomic E-state index is 14.5. The fourth-order valence-electron chi connectivity index (χ4n) is 3.54. The van der Waals surface area contributed by atoms with Crippen LogP contribution < -0.4 is 0 Å². The number of nitrogens with zero attached hydrogens (tertiary/aromatic N) is 2. The molecule has 0 saturated carbocycles. The van der Waals surface area contributed by atoms with Gasteiger partial charge in [0.2, 0.25) is 0 Å². The summed E-state index contributed by atoms with van der Waals surface area (Å²) in [6.45, 7) is 2.85. The Morgan fingerprint density at radius 2 is 1.81 bits per heavy atom. The second kappa shape index (κ2) is 9.53. The van der Waals surface area contributed by atoms with Crippen LogP contribution in [-0.4, -0.2) is 59.1 Å². The Morgan fingerprint density at radius 1 is 1.19 bits per heavy atom. The highest BCUT2D eigenvalue weighted by Gasteiger charge is 2.47. The molecular formula is C20H23F7N2O3. The molecule has 0 spiro atoms. The summed E-state index contributed by atoms with van der Waals surface area (Å²) in [5.74, 6) is -4.29. The molecule has 0 bridgehead atoms. The fourth-order valence-corrected chi connectivity index (χ4v) is 3.54. The predicted octanol–water partition coefficient (Wildman–Crippen LogP) is 5.06. The highest BCUT2D eigenvalue weighted by Crippen LogP contribution is 2.37. The first-order chi connectivity index (χ1) is 14.6. The summed E-state index contributed by atoms with van der Waals surface area (Å²) in [7, 11) is 0. The van der Waals surface area contributed by atoms with Crippen LogP contribution in [0.2, 0.25) is 0 Å². The van der Waals surface area contributed by atoms with Crippen molar-refractivity contribution < 1.29 is 45.1 Å². The Balaban J connectivity index is 2.45. The van der Waals surface area contributed by atoms with Gasteiger partial charge in [0.15, 0.2) is 0 Å². The quantitative estimate of drug-likeness (QED) is 0.576. The van der Waals surface area contributed by atoms with E-state index in [-0.39, 0.29) is 23.4 Å². The minimum atomic E-state index is -5.41. The number of piperidine rings is 1. The molecular weight excluding hydrogens is 449 g/mol. The van der Waals surface area contributed by atoms with Gasteiger partial charge in [-0.3, -0.25) is 4.79 Å². The van der Waals surface area contributed by atoms with Crippen LogP contribution in [0.25, 0.3) is 0 Å². The third kappa shape index (κ3) is 6.49. The number of hydrogen-bond acceptors (Lipinski definition) is 3. The highest BCUT2D eigenvalue weighted by molar-refractivity contribution is 5.82. The van der Waals surface area contributed by atoms with Gasteiger partial charge in [-0.2, -0.15) is 13.2 Å². The lowest BCUT2D eigenvalue weighted by molar-refractivity contribution is -0.191. The zero-order chi connectivity index (χ0) is 24.4. The Bertz CT molecular complexity index is 839. The van der Waals surface area contributed by atoms with Crippen LogP contribution in [0, 0.1) is 11.6 Å². The van der Waals surface area contributed by atoms with Crippen molar-refractivity contribution >= 4 is 12.0 Å². The summed E-state index contributed by atoms with van der Waals surface area (Å²) in [5, 5.41) is 0. The average Bonchev–Trinajstić information content (AvgIpc) is 2.64. The van der Waals surface area contributed by atoms with Gasteiger partial charge in [0.05, 0.1) is 12.6 Å². The van der Waals surface area contributed by atoms with E-state index in [1.54, 1.807) is 20.8 Å². The van der Waals surface area contributed by atoms with E-state index in [2.05, 4.69) is 0 Å². The van der Waals surface area contributed by atoms with Crippen LogP contribution in [0.15, 0.2) is 18.2 Å². The molecule has 1 saturated heterocycles. The molecule has 1 aromatic rings. The standard InChI is InChI=1S/C20H23F7N2O3/c1-19(2,3)32-18(31)28-7-6-12(29(10-16(23)24)17(30)20(25,26)27)9-15(28)13-8-11(21)4-5-14(13)22/h4-5,8,12,15-16H,6-7,9-10H2,1-3H3/t12?,15-/m0/s1. The van der Waals surface area contributed by atoms with E-state index < -0.39 is 66.9 Å². The van der Waals surface area contributed by atoms with Crippen molar-refractivity contribution in [2.45, 2.75) is 63.9 Å². The van der Waals surface area contributed by atoms with Crippen molar-refractivity contribution in [2.75, 3.05) is 13.1 Å². The molecule has 0 N–H and O–H groups in total. The zero-order valence-corrected chi connectivity index (χ0v) is 17.6. The third-order valence-electron chi connectivity index (χ3n) is 4.80. The molecule has 1 fully saturated rings. The molecule has 1 aromatic carbocycles. The van der Waals surface area contributed by atoms with Gasteiger partial charge in [0, 0.05) is 18.2 Å². The molecule has 0 aromatic heterocycles. The lowest BCUT2D eigenvalue weighted by Gasteiger charge is -2.43. The van der Waals surface area contributed by atoms with Gasteiger partial charge in [-0.05, 0) is 51.8 Å². The number of halogens is 7. The SMILES string of the molecule is CC(C)(C)OC(=O)N1CCC(N(CC(F)F)C(=O)C(F)(F)F)C[C@H]1c1cc(F)ccc1F. The second-order valence-corrected chi connectivity index (χ2v) is 8.38. The van der Waals surface area contributed by atoms with Crippen molar-refractivity contribution in [3.8, 4) is 0 Å². The smallest absolute Gasteiger partial charge is 0.444 e. The van der Waals surface area contributed by atoms with E-state index in [0.29, 0.717) is 0 Å². The second-order valence-electron chi connectivity index (χ2n) is 8.38. The fraction of sp³-hybridized carbons (Fsp3) is 0.600. The maximum Gasteiger partial charge on any atom is 0.471 e. The minimum absolute atomic E-state index is 0.0126. The van der Waals surface area contributed by atoms with Gasteiger partial charge >= 0.3 is 18.2 Å². The highest BCUT2D eigenvalue weighted by atomic mass is 19.4. The van der Waals surface area contributed by atoms with Gasteiger partial charge in [0.1, 0.15) is 17.2 Å². The van der Waals surface area contributed by atoms with Crippen molar-refractivity contribution in [1.82, 2.24) is 9.80 Å². The van der Waals surface area contributed by atoms with Crippen LogP contribution in [0.3, 0.4) is 0 Å². The summed E-state index contributed by atoms with van der Waals surface area (Å²) in [6.07, 6.45) is -10.4. The van der Waals surface area contributed by atoms with Gasteiger partial charge < -0.3 is 14.5 Å². The monoisotopic (exact) mass is 472 g/mol. The van der Waals surface area contributed by atoms with Gasteiger partial charge in [-0.15, -0.1) is 0 Å². The van der Waals surface area contributed by atoms with Gasteiger partial charge in [-0.25, -0.2) is 22.4 Å². The van der Waals surface area contributed by atoms with Crippen LogP contribution in [0.1, 0.15) is 45.2 Å². The van der Waals surface area contributed by atoms with Crippen molar-refractivity contribution in [1.29, 1.82) is 0 Å². The molecule has 5 nitrogen and oxygen atoms in total. The molecule has 1 aliphatic rings. The number of amides is 2. The van der Waals surface area contributed by atoms with E-state index in [0.717, 1.165) is 23.1 Å². The normalized spacial score (nSPS) is 19.8. The van der Waals surface area contributed by atoms with E-state index in [9.17, 15) is 40.3 Å². The van der Waals surface area contributed by atoms with Crippen molar-refractivity contribution in [2.24, 2.45) is 0 Å². The first kappa shape index (κ1) is 25.7. The summed E-state index contributed by atoms with van der Waals surface area (Å²) in [4.78, 5) is 25.4. The Hall–Kier alpha value is -2.53. The Morgan fingerprint density at radius 3 is 2.34 bits per heavy atom. The van der Waals surface area contributed by atoms with Crippen molar-refractivity contribution in [3.63, 3.8) is 0 Å². The van der Waals surface area contributed by atoms with E-state index >= 15 is 0 Å². The summed E-state index contributed by atoms with van der Waals surface area (Å²) in [6, 6.07) is -0.389. The zero-order valence-electron chi connectivity index (χ0n) is 17.6. The lowest BCUT2D eigenvalue weighted by Crippen LogP contribution is -2.54. The van der Waals surface area contributed by atoms with E-state index in [1.807, 2.05) is 0 Å². The number of carbonyl (C=O) groups is 2. The molecule has 180 valence electrons. The van der Waals surface area contributed by atoms with Crippen LogP contribution in [0.4, 0.5) is 35.5 Å². The number of ether oxygens (including phenoxy) is 1. The number of alkyl halides is 5. The van der Waals surface area contributed by atoms with E-state index in [4.69, 9.17) is 4.74 Å². The van der Waals surface area contributed by atoms with E-state index in [1.165, 1.54) is 0 Å².